The lowest BCUT2D eigenvalue weighted by molar-refractivity contribution is 0.101. The van der Waals surface area contributed by atoms with Gasteiger partial charge >= 0.3 is 0 Å². The summed E-state index contributed by atoms with van der Waals surface area (Å²) >= 11 is 0. The SMILES string of the molecule is CC(=O)c1cc(C)nc2ccc(C)cc12. The molecule has 0 amide bonds. The summed E-state index contributed by atoms with van der Waals surface area (Å²) < 4.78 is 0. The summed E-state index contributed by atoms with van der Waals surface area (Å²) in [5.74, 6) is 0.0936. The van der Waals surface area contributed by atoms with E-state index in [1.54, 1.807) is 6.92 Å². The lowest BCUT2D eigenvalue weighted by Gasteiger charge is -2.05. The van der Waals surface area contributed by atoms with E-state index in [-0.39, 0.29) is 5.78 Å². The molecule has 1 aromatic heterocycles. The van der Waals surface area contributed by atoms with Gasteiger partial charge in [-0.3, -0.25) is 9.78 Å². The highest BCUT2D eigenvalue weighted by Crippen LogP contribution is 2.20. The summed E-state index contributed by atoms with van der Waals surface area (Å²) in [4.78, 5) is 15.9. The van der Waals surface area contributed by atoms with Crippen LogP contribution in [0.2, 0.25) is 0 Å². The number of fused-ring (bicyclic) bond motifs is 1. The number of benzene rings is 1. The molecule has 1 heterocycles. The van der Waals surface area contributed by atoms with Crippen molar-refractivity contribution in [3.05, 3.63) is 41.1 Å². The van der Waals surface area contributed by atoms with Gasteiger partial charge in [0.1, 0.15) is 0 Å². The molecule has 2 nitrogen and oxygen atoms in total. The van der Waals surface area contributed by atoms with Gasteiger partial charge in [-0.15, -0.1) is 0 Å². The number of rotatable bonds is 1. The number of aromatic nitrogens is 1. The summed E-state index contributed by atoms with van der Waals surface area (Å²) in [7, 11) is 0. The van der Waals surface area contributed by atoms with Crippen LogP contribution in [0, 0.1) is 13.8 Å². The topological polar surface area (TPSA) is 30.0 Å². The molecule has 15 heavy (non-hydrogen) atoms. The van der Waals surface area contributed by atoms with Gasteiger partial charge in [0.05, 0.1) is 5.52 Å². The zero-order valence-electron chi connectivity index (χ0n) is 9.16. The normalized spacial score (nSPS) is 10.6. The molecule has 0 atom stereocenters. The summed E-state index contributed by atoms with van der Waals surface area (Å²) in [5.41, 5.74) is 3.69. The van der Waals surface area contributed by atoms with Crippen molar-refractivity contribution in [3.8, 4) is 0 Å². The first-order valence-electron chi connectivity index (χ1n) is 4.97. The summed E-state index contributed by atoms with van der Waals surface area (Å²) in [6, 6.07) is 7.84. The Morgan fingerprint density at radius 1 is 1.20 bits per heavy atom. The van der Waals surface area contributed by atoms with Gasteiger partial charge in [0, 0.05) is 16.6 Å². The van der Waals surface area contributed by atoms with Gasteiger partial charge in [-0.05, 0) is 39.0 Å². The number of hydrogen-bond donors (Lipinski definition) is 0. The van der Waals surface area contributed by atoms with Gasteiger partial charge < -0.3 is 0 Å². The van der Waals surface area contributed by atoms with E-state index in [1.165, 1.54) is 0 Å². The van der Waals surface area contributed by atoms with Crippen LogP contribution in [0.15, 0.2) is 24.3 Å². The Balaban J connectivity index is 2.87. The molecule has 0 spiro atoms. The fraction of sp³-hybridized carbons (Fsp3) is 0.231. The highest BCUT2D eigenvalue weighted by Gasteiger charge is 2.07. The minimum absolute atomic E-state index is 0.0936. The smallest absolute Gasteiger partial charge is 0.160 e. The lowest BCUT2D eigenvalue weighted by Crippen LogP contribution is -1.97. The van der Waals surface area contributed by atoms with E-state index in [0.717, 1.165) is 27.7 Å². The van der Waals surface area contributed by atoms with Crippen LogP contribution in [0.3, 0.4) is 0 Å². The fourth-order valence-corrected chi connectivity index (χ4v) is 1.76. The molecule has 0 aliphatic rings. The third-order valence-electron chi connectivity index (χ3n) is 2.47. The maximum atomic E-state index is 11.5. The van der Waals surface area contributed by atoms with Crippen LogP contribution in [0.1, 0.15) is 28.5 Å². The number of pyridine rings is 1. The maximum absolute atomic E-state index is 11.5. The molecule has 1 aromatic carbocycles. The number of Topliss-reactive ketones (excluding diaryl/α,β-unsaturated/α-hetero) is 1. The van der Waals surface area contributed by atoms with Gasteiger partial charge in [-0.1, -0.05) is 11.6 Å². The largest absolute Gasteiger partial charge is 0.294 e. The summed E-state index contributed by atoms with van der Waals surface area (Å²) in [5, 5.41) is 0.952. The summed E-state index contributed by atoms with van der Waals surface area (Å²) in [6.07, 6.45) is 0. The zero-order valence-corrected chi connectivity index (χ0v) is 9.16. The monoisotopic (exact) mass is 199 g/mol. The Labute approximate surface area is 89.0 Å². The Morgan fingerprint density at radius 2 is 1.93 bits per heavy atom. The molecule has 0 N–H and O–H groups in total. The molecule has 2 aromatic rings. The van der Waals surface area contributed by atoms with Crippen LogP contribution in [-0.4, -0.2) is 10.8 Å². The first-order valence-corrected chi connectivity index (χ1v) is 4.97. The Morgan fingerprint density at radius 3 is 2.60 bits per heavy atom. The van der Waals surface area contributed by atoms with Gasteiger partial charge in [0.25, 0.3) is 0 Å². The molecule has 2 heteroatoms. The molecule has 0 fully saturated rings. The molecular weight excluding hydrogens is 186 g/mol. The quantitative estimate of drug-likeness (QED) is 0.661. The van der Waals surface area contributed by atoms with Crippen molar-refractivity contribution in [2.24, 2.45) is 0 Å². The minimum atomic E-state index is 0.0936. The van der Waals surface area contributed by atoms with E-state index < -0.39 is 0 Å². The van der Waals surface area contributed by atoms with Gasteiger partial charge in [-0.25, -0.2) is 0 Å². The highest BCUT2D eigenvalue weighted by atomic mass is 16.1. The van der Waals surface area contributed by atoms with Crippen molar-refractivity contribution in [2.45, 2.75) is 20.8 Å². The zero-order chi connectivity index (χ0) is 11.0. The Bertz CT molecular complexity index is 543. The predicted octanol–water partition coefficient (Wildman–Crippen LogP) is 3.05. The molecule has 0 bridgehead atoms. The van der Waals surface area contributed by atoms with Crippen LogP contribution >= 0.6 is 0 Å². The van der Waals surface area contributed by atoms with Gasteiger partial charge in [0.2, 0.25) is 0 Å². The van der Waals surface area contributed by atoms with E-state index in [4.69, 9.17) is 0 Å². The van der Waals surface area contributed by atoms with Crippen LogP contribution in [-0.2, 0) is 0 Å². The number of ketones is 1. The second-order valence-corrected chi connectivity index (χ2v) is 3.89. The van der Waals surface area contributed by atoms with Crippen LogP contribution in [0.5, 0.6) is 0 Å². The third kappa shape index (κ3) is 1.75. The predicted molar refractivity (Wildman–Crippen MR) is 61.2 cm³/mol. The highest BCUT2D eigenvalue weighted by molar-refractivity contribution is 6.06. The van der Waals surface area contributed by atoms with E-state index in [1.807, 2.05) is 38.1 Å². The number of carbonyl (C=O) groups excluding carboxylic acids is 1. The molecular formula is C13H13NO. The van der Waals surface area contributed by atoms with Gasteiger partial charge in [-0.2, -0.15) is 0 Å². The first-order chi connectivity index (χ1) is 7.08. The molecule has 76 valence electrons. The van der Waals surface area contributed by atoms with E-state index >= 15 is 0 Å². The van der Waals surface area contributed by atoms with Crippen molar-refractivity contribution in [3.63, 3.8) is 0 Å². The fourth-order valence-electron chi connectivity index (χ4n) is 1.76. The average molecular weight is 199 g/mol. The van der Waals surface area contributed by atoms with Crippen molar-refractivity contribution in [2.75, 3.05) is 0 Å². The Hall–Kier alpha value is -1.70. The number of nitrogens with zero attached hydrogens (tertiary/aromatic N) is 1. The molecule has 0 radical (unpaired) electrons. The van der Waals surface area contributed by atoms with Crippen LogP contribution in [0.4, 0.5) is 0 Å². The van der Waals surface area contributed by atoms with Crippen molar-refractivity contribution < 1.29 is 4.79 Å². The van der Waals surface area contributed by atoms with Crippen LogP contribution < -0.4 is 0 Å². The molecule has 0 aliphatic heterocycles. The molecule has 0 unspecified atom stereocenters. The number of aryl methyl sites for hydroxylation is 2. The van der Waals surface area contributed by atoms with Crippen molar-refractivity contribution >= 4 is 16.7 Å². The Kier molecular flexibility index (Phi) is 2.27. The second kappa shape index (κ2) is 3.46. The van der Waals surface area contributed by atoms with Gasteiger partial charge in [0.15, 0.2) is 5.78 Å². The average Bonchev–Trinajstić information content (AvgIpc) is 2.17. The van der Waals surface area contributed by atoms with Crippen molar-refractivity contribution in [1.82, 2.24) is 4.98 Å². The number of hydrogen-bond acceptors (Lipinski definition) is 2. The molecule has 2 rings (SSSR count). The number of carbonyl (C=O) groups is 1. The van der Waals surface area contributed by atoms with E-state index in [9.17, 15) is 4.79 Å². The summed E-state index contributed by atoms with van der Waals surface area (Å²) in [6.45, 7) is 5.52. The van der Waals surface area contributed by atoms with Crippen molar-refractivity contribution in [1.29, 1.82) is 0 Å². The van der Waals surface area contributed by atoms with E-state index in [0.29, 0.717) is 0 Å². The second-order valence-electron chi connectivity index (χ2n) is 3.89. The maximum Gasteiger partial charge on any atom is 0.160 e. The standard InChI is InChI=1S/C13H13NO/c1-8-4-5-13-12(6-8)11(10(3)15)7-9(2)14-13/h4-7H,1-3H3. The third-order valence-corrected chi connectivity index (χ3v) is 2.47. The van der Waals surface area contributed by atoms with Crippen LogP contribution in [0.25, 0.3) is 10.9 Å². The lowest BCUT2D eigenvalue weighted by atomic mass is 10.0. The minimum Gasteiger partial charge on any atom is -0.294 e. The molecule has 0 aliphatic carbocycles. The molecule has 0 saturated heterocycles. The van der Waals surface area contributed by atoms with E-state index in [2.05, 4.69) is 4.98 Å². The first kappa shape index (κ1) is 9.84. The molecule has 0 saturated carbocycles.